The molecule has 2 fully saturated rings. The van der Waals surface area contributed by atoms with Crippen molar-refractivity contribution in [2.24, 2.45) is 11.8 Å². The molecule has 3 rings (SSSR count). The SMILES string of the molecule is CCC1CCC(CNC(=O)c2ccn(C3CCCNC3)n2)CC1.Cl. The number of nitrogens with one attached hydrogen (secondary N) is 2. The highest BCUT2D eigenvalue weighted by Crippen LogP contribution is 2.30. The Labute approximate surface area is 151 Å². The van der Waals surface area contributed by atoms with E-state index in [9.17, 15) is 4.79 Å². The molecule has 6 heteroatoms. The van der Waals surface area contributed by atoms with Crippen molar-refractivity contribution >= 4 is 18.3 Å². The summed E-state index contributed by atoms with van der Waals surface area (Å²) in [5.41, 5.74) is 0.554. The maximum absolute atomic E-state index is 12.3. The smallest absolute Gasteiger partial charge is 0.271 e. The van der Waals surface area contributed by atoms with Crippen LogP contribution in [0.25, 0.3) is 0 Å². The average molecular weight is 355 g/mol. The number of rotatable bonds is 5. The van der Waals surface area contributed by atoms with Crippen LogP contribution in [-0.2, 0) is 0 Å². The van der Waals surface area contributed by atoms with E-state index in [1.165, 1.54) is 38.5 Å². The Hall–Kier alpha value is -1.07. The first kappa shape index (κ1) is 19.3. The molecule has 1 saturated carbocycles. The highest BCUT2D eigenvalue weighted by atomic mass is 35.5. The molecule has 0 radical (unpaired) electrons. The van der Waals surface area contributed by atoms with Crippen molar-refractivity contribution in [2.45, 2.75) is 57.9 Å². The Kier molecular flexibility index (Phi) is 7.56. The number of carbonyl (C=O) groups excluding carboxylic acids is 1. The van der Waals surface area contributed by atoms with Crippen molar-refractivity contribution in [1.29, 1.82) is 0 Å². The third-order valence-corrected chi connectivity index (χ3v) is 5.58. The van der Waals surface area contributed by atoms with Crippen molar-refractivity contribution in [1.82, 2.24) is 20.4 Å². The topological polar surface area (TPSA) is 59.0 Å². The Balaban J connectivity index is 0.00000208. The molecule has 24 heavy (non-hydrogen) atoms. The second kappa shape index (κ2) is 9.42. The van der Waals surface area contributed by atoms with Crippen molar-refractivity contribution in [3.63, 3.8) is 0 Å². The van der Waals surface area contributed by atoms with E-state index in [1.54, 1.807) is 0 Å². The van der Waals surface area contributed by atoms with Crippen LogP contribution in [0, 0.1) is 11.8 Å². The number of hydrogen-bond donors (Lipinski definition) is 2. The van der Waals surface area contributed by atoms with E-state index in [0.29, 0.717) is 17.7 Å². The fourth-order valence-corrected chi connectivity index (χ4v) is 3.89. The zero-order valence-electron chi connectivity index (χ0n) is 14.7. The summed E-state index contributed by atoms with van der Waals surface area (Å²) >= 11 is 0. The van der Waals surface area contributed by atoms with Gasteiger partial charge in [-0.25, -0.2) is 0 Å². The zero-order chi connectivity index (χ0) is 16.1. The third kappa shape index (κ3) is 4.96. The minimum Gasteiger partial charge on any atom is -0.350 e. The van der Waals surface area contributed by atoms with Gasteiger partial charge in [-0.15, -0.1) is 12.4 Å². The molecule has 2 aliphatic rings. The number of hydrogen-bond acceptors (Lipinski definition) is 3. The van der Waals surface area contributed by atoms with Gasteiger partial charge >= 0.3 is 0 Å². The van der Waals surface area contributed by atoms with Crippen molar-refractivity contribution in [3.8, 4) is 0 Å². The maximum atomic E-state index is 12.3. The van der Waals surface area contributed by atoms with Crippen LogP contribution < -0.4 is 10.6 Å². The number of halogens is 1. The van der Waals surface area contributed by atoms with E-state index in [4.69, 9.17) is 0 Å². The van der Waals surface area contributed by atoms with Gasteiger partial charge < -0.3 is 10.6 Å². The molecule has 5 nitrogen and oxygen atoms in total. The lowest BCUT2D eigenvalue weighted by Crippen LogP contribution is -2.33. The number of piperidine rings is 1. The summed E-state index contributed by atoms with van der Waals surface area (Å²) in [6, 6.07) is 2.23. The summed E-state index contributed by atoms with van der Waals surface area (Å²) in [6.45, 7) is 5.12. The summed E-state index contributed by atoms with van der Waals surface area (Å²) < 4.78 is 1.95. The highest BCUT2D eigenvalue weighted by Gasteiger charge is 2.21. The Morgan fingerprint density at radius 2 is 2.04 bits per heavy atom. The molecule has 2 heterocycles. The van der Waals surface area contributed by atoms with Crippen LogP contribution in [0.2, 0.25) is 0 Å². The van der Waals surface area contributed by atoms with Gasteiger partial charge in [-0.05, 0) is 50.1 Å². The van der Waals surface area contributed by atoms with Gasteiger partial charge in [-0.1, -0.05) is 26.2 Å². The summed E-state index contributed by atoms with van der Waals surface area (Å²) in [4.78, 5) is 12.3. The minimum atomic E-state index is -0.0230. The Morgan fingerprint density at radius 3 is 2.71 bits per heavy atom. The maximum Gasteiger partial charge on any atom is 0.271 e. The van der Waals surface area contributed by atoms with Crippen molar-refractivity contribution < 1.29 is 4.79 Å². The molecule has 136 valence electrons. The lowest BCUT2D eigenvalue weighted by atomic mass is 9.81. The first-order chi connectivity index (χ1) is 11.3. The monoisotopic (exact) mass is 354 g/mol. The van der Waals surface area contributed by atoms with E-state index in [0.717, 1.165) is 32.0 Å². The van der Waals surface area contributed by atoms with Crippen LogP contribution in [0.4, 0.5) is 0 Å². The third-order valence-electron chi connectivity index (χ3n) is 5.58. The van der Waals surface area contributed by atoms with Gasteiger partial charge in [0, 0.05) is 19.3 Å². The second-order valence-corrected chi connectivity index (χ2v) is 7.19. The second-order valence-electron chi connectivity index (χ2n) is 7.19. The lowest BCUT2D eigenvalue weighted by Gasteiger charge is -2.27. The van der Waals surface area contributed by atoms with E-state index < -0.39 is 0 Å². The van der Waals surface area contributed by atoms with E-state index in [-0.39, 0.29) is 18.3 Å². The molecular formula is C18H31ClN4O. The standard InChI is InChI=1S/C18H30N4O.ClH/c1-2-14-5-7-15(8-6-14)12-20-18(23)17-9-11-22(21-17)16-4-3-10-19-13-16;/h9,11,14-16,19H,2-8,10,12-13H2,1H3,(H,20,23);1H. The van der Waals surface area contributed by atoms with Gasteiger partial charge in [-0.3, -0.25) is 9.48 Å². The van der Waals surface area contributed by atoms with Crippen molar-refractivity contribution in [3.05, 3.63) is 18.0 Å². The number of nitrogens with zero attached hydrogens (tertiary/aromatic N) is 2. The van der Waals surface area contributed by atoms with Crippen LogP contribution in [0.15, 0.2) is 12.3 Å². The van der Waals surface area contributed by atoms with Crippen molar-refractivity contribution in [2.75, 3.05) is 19.6 Å². The number of aromatic nitrogens is 2. The predicted octanol–water partition coefficient (Wildman–Crippen LogP) is 3.18. The van der Waals surface area contributed by atoms with Gasteiger partial charge in [-0.2, -0.15) is 5.10 Å². The fourth-order valence-electron chi connectivity index (χ4n) is 3.89. The van der Waals surface area contributed by atoms with Crippen LogP contribution in [0.1, 0.15) is 68.4 Å². The Bertz CT molecular complexity index is 505. The van der Waals surface area contributed by atoms with Crippen LogP contribution in [0.5, 0.6) is 0 Å². The van der Waals surface area contributed by atoms with E-state index in [1.807, 2.05) is 16.9 Å². The molecule has 1 aromatic heterocycles. The quantitative estimate of drug-likeness (QED) is 0.853. The number of amides is 1. The molecule has 1 aromatic rings. The minimum absolute atomic E-state index is 0. The van der Waals surface area contributed by atoms with E-state index >= 15 is 0 Å². The largest absolute Gasteiger partial charge is 0.350 e. The molecule has 1 saturated heterocycles. The Morgan fingerprint density at radius 1 is 1.29 bits per heavy atom. The summed E-state index contributed by atoms with van der Waals surface area (Å²) in [5, 5.41) is 11.0. The molecule has 1 amide bonds. The summed E-state index contributed by atoms with van der Waals surface area (Å²) in [7, 11) is 0. The van der Waals surface area contributed by atoms with Crippen LogP contribution in [-0.4, -0.2) is 35.3 Å². The van der Waals surface area contributed by atoms with E-state index in [2.05, 4.69) is 22.7 Å². The normalized spacial score (nSPS) is 27.3. The van der Waals surface area contributed by atoms with Gasteiger partial charge in [0.15, 0.2) is 0 Å². The molecule has 1 atom stereocenters. The highest BCUT2D eigenvalue weighted by molar-refractivity contribution is 5.92. The molecular weight excluding hydrogens is 324 g/mol. The average Bonchev–Trinajstić information content (AvgIpc) is 3.11. The fraction of sp³-hybridized carbons (Fsp3) is 0.778. The lowest BCUT2D eigenvalue weighted by molar-refractivity contribution is 0.0935. The number of carbonyl (C=O) groups is 1. The molecule has 0 bridgehead atoms. The first-order valence-corrected chi connectivity index (χ1v) is 9.30. The zero-order valence-corrected chi connectivity index (χ0v) is 15.5. The van der Waals surface area contributed by atoms with Gasteiger partial charge in [0.05, 0.1) is 6.04 Å². The van der Waals surface area contributed by atoms with Gasteiger partial charge in [0.1, 0.15) is 5.69 Å². The molecule has 1 aliphatic heterocycles. The molecule has 2 N–H and O–H groups in total. The molecule has 1 unspecified atom stereocenters. The predicted molar refractivity (Wildman–Crippen MR) is 98.7 cm³/mol. The molecule has 1 aliphatic carbocycles. The first-order valence-electron chi connectivity index (χ1n) is 9.30. The van der Waals surface area contributed by atoms with Gasteiger partial charge in [0.25, 0.3) is 5.91 Å². The summed E-state index contributed by atoms with van der Waals surface area (Å²) in [5.74, 6) is 1.53. The van der Waals surface area contributed by atoms with Crippen LogP contribution >= 0.6 is 12.4 Å². The van der Waals surface area contributed by atoms with Crippen LogP contribution in [0.3, 0.4) is 0 Å². The summed E-state index contributed by atoms with van der Waals surface area (Å²) in [6.07, 6.45) is 10.7. The molecule has 0 spiro atoms. The molecule has 0 aromatic carbocycles. The van der Waals surface area contributed by atoms with Gasteiger partial charge in [0.2, 0.25) is 0 Å².